The molecule has 0 heterocycles. The third-order valence-corrected chi connectivity index (χ3v) is 3.29. The van der Waals surface area contributed by atoms with Crippen LogP contribution >= 0.6 is 27.5 Å². The second kappa shape index (κ2) is 7.99. The smallest absolute Gasteiger partial charge is 0.326 e. The maximum atomic E-state index is 12.0. The largest absolute Gasteiger partial charge is 0.481 e. The first kappa shape index (κ1) is 17.5. The topological polar surface area (TPSA) is 104 Å². The Balaban J connectivity index is 2.71. The minimum Gasteiger partial charge on any atom is -0.481 e. The first-order chi connectivity index (χ1) is 9.79. The minimum atomic E-state index is -1.21. The Morgan fingerprint density at radius 2 is 1.90 bits per heavy atom. The predicted molar refractivity (Wildman–Crippen MR) is 79.5 cm³/mol. The van der Waals surface area contributed by atoms with E-state index in [9.17, 15) is 14.4 Å². The lowest BCUT2D eigenvalue weighted by Crippen LogP contribution is -2.40. The van der Waals surface area contributed by atoms with Crippen LogP contribution in [0.15, 0.2) is 22.7 Å². The van der Waals surface area contributed by atoms with Crippen LogP contribution < -0.4 is 5.32 Å². The fourth-order valence-electron chi connectivity index (χ4n) is 1.64. The molecule has 0 saturated heterocycles. The lowest BCUT2D eigenvalue weighted by atomic mass is 10.1. The molecule has 21 heavy (non-hydrogen) atoms. The monoisotopic (exact) mass is 377 g/mol. The van der Waals surface area contributed by atoms with E-state index >= 15 is 0 Å². The molecule has 1 amide bonds. The molecule has 8 heteroatoms. The van der Waals surface area contributed by atoms with Crippen LogP contribution in [0.2, 0.25) is 5.02 Å². The molecule has 1 aromatic rings. The standard InChI is InChI=1S/C13H13BrClNO5/c14-8-4-7(5-9(15)6-8)12(19)16-10(13(20)21)2-1-3-11(17)18/h4-6,10H,1-3H2,(H,16,19)(H,17,18)(H,20,21)/t10-/m1/s1. The Morgan fingerprint density at radius 3 is 2.43 bits per heavy atom. The number of carbonyl (C=O) groups excluding carboxylic acids is 1. The fraction of sp³-hybridized carbons (Fsp3) is 0.308. The summed E-state index contributed by atoms with van der Waals surface area (Å²) in [5.41, 5.74) is 0.221. The zero-order chi connectivity index (χ0) is 16.0. The maximum absolute atomic E-state index is 12.0. The summed E-state index contributed by atoms with van der Waals surface area (Å²) in [7, 11) is 0. The van der Waals surface area contributed by atoms with E-state index in [1.165, 1.54) is 12.1 Å². The molecule has 0 radical (unpaired) electrons. The van der Waals surface area contributed by atoms with Gasteiger partial charge in [-0.1, -0.05) is 27.5 Å². The minimum absolute atomic E-state index is 0.0368. The van der Waals surface area contributed by atoms with Gasteiger partial charge in [-0.05, 0) is 31.0 Å². The van der Waals surface area contributed by atoms with Gasteiger partial charge in [-0.2, -0.15) is 0 Å². The van der Waals surface area contributed by atoms with E-state index in [2.05, 4.69) is 21.2 Å². The number of carboxylic acid groups (broad SMARTS) is 2. The van der Waals surface area contributed by atoms with Gasteiger partial charge < -0.3 is 15.5 Å². The second-order valence-corrected chi connectivity index (χ2v) is 5.66. The Bertz CT molecular complexity index is 543. The highest BCUT2D eigenvalue weighted by Crippen LogP contribution is 2.19. The van der Waals surface area contributed by atoms with Gasteiger partial charge in [0.15, 0.2) is 0 Å². The number of amides is 1. The van der Waals surface area contributed by atoms with Crippen molar-refractivity contribution in [3.8, 4) is 0 Å². The number of hydrogen-bond acceptors (Lipinski definition) is 3. The van der Waals surface area contributed by atoms with Crippen molar-refractivity contribution in [2.24, 2.45) is 0 Å². The van der Waals surface area contributed by atoms with Crippen LogP contribution in [0.5, 0.6) is 0 Å². The SMILES string of the molecule is O=C(O)CCC[C@@H](NC(=O)c1cc(Cl)cc(Br)c1)C(=O)O. The van der Waals surface area contributed by atoms with Crippen LogP contribution in [0.25, 0.3) is 0 Å². The van der Waals surface area contributed by atoms with Gasteiger partial charge >= 0.3 is 11.9 Å². The highest BCUT2D eigenvalue weighted by atomic mass is 79.9. The van der Waals surface area contributed by atoms with E-state index < -0.39 is 23.9 Å². The molecule has 0 unspecified atom stereocenters. The van der Waals surface area contributed by atoms with Crippen molar-refractivity contribution in [3.63, 3.8) is 0 Å². The zero-order valence-corrected chi connectivity index (χ0v) is 13.1. The average Bonchev–Trinajstić information content (AvgIpc) is 2.35. The lowest BCUT2D eigenvalue weighted by molar-refractivity contribution is -0.140. The summed E-state index contributed by atoms with van der Waals surface area (Å²) in [6, 6.07) is 3.38. The molecule has 0 spiro atoms. The Morgan fingerprint density at radius 1 is 1.24 bits per heavy atom. The second-order valence-electron chi connectivity index (χ2n) is 4.31. The predicted octanol–water partition coefficient (Wildman–Crippen LogP) is 2.54. The summed E-state index contributed by atoms with van der Waals surface area (Å²) in [6.45, 7) is 0. The summed E-state index contributed by atoms with van der Waals surface area (Å²) in [4.78, 5) is 33.5. The van der Waals surface area contributed by atoms with Gasteiger partial charge in [-0.25, -0.2) is 4.79 Å². The summed E-state index contributed by atoms with van der Waals surface area (Å²) in [6.07, 6.45) is 0.0449. The van der Waals surface area contributed by atoms with Crippen LogP contribution in [-0.4, -0.2) is 34.1 Å². The van der Waals surface area contributed by atoms with Crippen molar-refractivity contribution in [1.82, 2.24) is 5.32 Å². The van der Waals surface area contributed by atoms with E-state index in [1.54, 1.807) is 6.07 Å². The molecule has 0 aliphatic rings. The lowest BCUT2D eigenvalue weighted by Gasteiger charge is -2.14. The van der Waals surface area contributed by atoms with Crippen LogP contribution in [0, 0.1) is 0 Å². The van der Waals surface area contributed by atoms with Gasteiger partial charge in [-0.15, -0.1) is 0 Å². The number of aliphatic carboxylic acids is 2. The molecule has 3 N–H and O–H groups in total. The van der Waals surface area contributed by atoms with Gasteiger partial charge in [-0.3, -0.25) is 9.59 Å². The number of rotatable bonds is 7. The molecule has 0 bridgehead atoms. The van der Waals surface area contributed by atoms with Crippen molar-refractivity contribution < 1.29 is 24.6 Å². The molecule has 6 nitrogen and oxygen atoms in total. The maximum Gasteiger partial charge on any atom is 0.326 e. The third-order valence-electron chi connectivity index (χ3n) is 2.61. The molecule has 0 aromatic heterocycles. The fourth-order valence-corrected chi connectivity index (χ4v) is 2.50. The average molecular weight is 379 g/mol. The number of benzene rings is 1. The number of carbonyl (C=O) groups is 3. The van der Waals surface area contributed by atoms with Crippen molar-refractivity contribution in [2.75, 3.05) is 0 Å². The van der Waals surface area contributed by atoms with Crippen LogP contribution in [-0.2, 0) is 9.59 Å². The van der Waals surface area contributed by atoms with Gasteiger partial charge in [0.1, 0.15) is 6.04 Å². The van der Waals surface area contributed by atoms with Gasteiger partial charge in [0, 0.05) is 21.5 Å². The molecule has 1 aromatic carbocycles. The summed E-state index contributed by atoms with van der Waals surface area (Å²) in [5.74, 6) is -2.81. The van der Waals surface area contributed by atoms with Crippen molar-refractivity contribution in [3.05, 3.63) is 33.3 Å². The molecular weight excluding hydrogens is 366 g/mol. The zero-order valence-electron chi connectivity index (χ0n) is 10.8. The van der Waals surface area contributed by atoms with Crippen LogP contribution in [0.1, 0.15) is 29.6 Å². The summed E-state index contributed by atoms with van der Waals surface area (Å²) in [5, 5.41) is 20.3. The van der Waals surface area contributed by atoms with Crippen molar-refractivity contribution in [2.45, 2.75) is 25.3 Å². The molecular formula is C13H13BrClNO5. The highest BCUT2D eigenvalue weighted by molar-refractivity contribution is 9.10. The summed E-state index contributed by atoms with van der Waals surface area (Å²) >= 11 is 9.01. The Hall–Kier alpha value is -1.60. The van der Waals surface area contributed by atoms with Crippen molar-refractivity contribution in [1.29, 1.82) is 0 Å². The molecule has 0 saturated carbocycles. The molecule has 0 fully saturated rings. The molecule has 0 aliphatic carbocycles. The number of nitrogens with one attached hydrogen (secondary N) is 1. The van der Waals surface area contributed by atoms with Crippen LogP contribution in [0.3, 0.4) is 0 Å². The van der Waals surface area contributed by atoms with E-state index in [0.29, 0.717) is 9.50 Å². The third kappa shape index (κ3) is 6.14. The Kier molecular flexibility index (Phi) is 6.64. The molecule has 1 atom stereocenters. The first-order valence-corrected chi connectivity index (χ1v) is 7.18. The van der Waals surface area contributed by atoms with E-state index in [-0.39, 0.29) is 24.8 Å². The quantitative estimate of drug-likeness (QED) is 0.676. The van der Waals surface area contributed by atoms with Gasteiger partial charge in [0.2, 0.25) is 0 Å². The van der Waals surface area contributed by atoms with Gasteiger partial charge in [0.05, 0.1) is 0 Å². The first-order valence-electron chi connectivity index (χ1n) is 6.01. The van der Waals surface area contributed by atoms with Crippen LogP contribution in [0.4, 0.5) is 0 Å². The van der Waals surface area contributed by atoms with Crippen molar-refractivity contribution >= 4 is 45.4 Å². The number of carboxylic acids is 2. The number of halogens is 2. The van der Waals surface area contributed by atoms with Gasteiger partial charge in [0.25, 0.3) is 5.91 Å². The normalized spacial score (nSPS) is 11.7. The van der Waals surface area contributed by atoms with E-state index in [4.69, 9.17) is 21.8 Å². The summed E-state index contributed by atoms with van der Waals surface area (Å²) < 4.78 is 0.595. The Labute approximate surface area is 134 Å². The van der Waals surface area contributed by atoms with E-state index in [0.717, 1.165) is 0 Å². The molecule has 114 valence electrons. The molecule has 0 aliphatic heterocycles. The highest BCUT2D eigenvalue weighted by Gasteiger charge is 2.21. The van der Waals surface area contributed by atoms with E-state index in [1.807, 2.05) is 0 Å². The molecule has 1 rings (SSSR count). The number of hydrogen-bond donors (Lipinski definition) is 3.